The molecular weight excluding hydrogens is 230 g/mol. The SMILES string of the molecule is CSc1ccc(CNCN2CCNCC2)cc1. The molecule has 17 heavy (non-hydrogen) atoms. The molecule has 0 spiro atoms. The first-order valence-electron chi connectivity index (χ1n) is 6.15. The summed E-state index contributed by atoms with van der Waals surface area (Å²) in [5, 5.41) is 6.86. The van der Waals surface area contributed by atoms with Crippen molar-refractivity contribution in [2.75, 3.05) is 39.1 Å². The number of benzene rings is 1. The minimum absolute atomic E-state index is 0.957. The first-order valence-corrected chi connectivity index (χ1v) is 7.37. The molecule has 1 heterocycles. The fraction of sp³-hybridized carbons (Fsp3) is 0.538. The van der Waals surface area contributed by atoms with Crippen LogP contribution >= 0.6 is 11.8 Å². The Hall–Kier alpha value is -0.550. The van der Waals surface area contributed by atoms with Gasteiger partial charge in [0.05, 0.1) is 0 Å². The van der Waals surface area contributed by atoms with Crippen molar-refractivity contribution in [3.63, 3.8) is 0 Å². The molecule has 1 aliphatic rings. The summed E-state index contributed by atoms with van der Waals surface area (Å²) >= 11 is 1.79. The van der Waals surface area contributed by atoms with Crippen LogP contribution in [0.25, 0.3) is 0 Å². The van der Waals surface area contributed by atoms with Crippen molar-refractivity contribution in [3.05, 3.63) is 29.8 Å². The summed E-state index contributed by atoms with van der Waals surface area (Å²) in [5.74, 6) is 0. The lowest BCUT2D eigenvalue weighted by molar-refractivity contribution is 0.223. The van der Waals surface area contributed by atoms with Gasteiger partial charge in [-0.25, -0.2) is 0 Å². The van der Waals surface area contributed by atoms with E-state index in [1.165, 1.54) is 10.5 Å². The third-order valence-electron chi connectivity index (χ3n) is 3.03. The maximum absolute atomic E-state index is 3.50. The van der Waals surface area contributed by atoms with Crippen LogP contribution in [0.5, 0.6) is 0 Å². The van der Waals surface area contributed by atoms with E-state index in [1.54, 1.807) is 11.8 Å². The summed E-state index contributed by atoms with van der Waals surface area (Å²) in [6.07, 6.45) is 2.11. The van der Waals surface area contributed by atoms with E-state index >= 15 is 0 Å². The zero-order valence-corrected chi connectivity index (χ0v) is 11.2. The van der Waals surface area contributed by atoms with Gasteiger partial charge in [0.1, 0.15) is 0 Å². The lowest BCUT2D eigenvalue weighted by Crippen LogP contribution is -2.46. The number of piperazine rings is 1. The zero-order valence-electron chi connectivity index (χ0n) is 10.4. The lowest BCUT2D eigenvalue weighted by Gasteiger charge is -2.27. The molecule has 0 amide bonds. The molecule has 0 aromatic heterocycles. The fourth-order valence-corrected chi connectivity index (χ4v) is 2.38. The molecule has 2 N–H and O–H groups in total. The summed E-state index contributed by atoms with van der Waals surface area (Å²) in [7, 11) is 0. The van der Waals surface area contributed by atoms with Gasteiger partial charge in [-0.2, -0.15) is 0 Å². The minimum atomic E-state index is 0.957. The van der Waals surface area contributed by atoms with Gasteiger partial charge in [0.25, 0.3) is 0 Å². The van der Waals surface area contributed by atoms with Gasteiger partial charge in [0.15, 0.2) is 0 Å². The maximum Gasteiger partial charge on any atom is 0.0484 e. The quantitative estimate of drug-likeness (QED) is 0.773. The van der Waals surface area contributed by atoms with Crippen molar-refractivity contribution in [1.29, 1.82) is 0 Å². The number of hydrogen-bond donors (Lipinski definition) is 2. The van der Waals surface area contributed by atoms with Gasteiger partial charge < -0.3 is 10.6 Å². The van der Waals surface area contributed by atoms with Crippen molar-refractivity contribution in [3.8, 4) is 0 Å². The van der Waals surface area contributed by atoms with Gasteiger partial charge in [0.2, 0.25) is 0 Å². The maximum atomic E-state index is 3.50. The second-order valence-corrected chi connectivity index (χ2v) is 5.18. The van der Waals surface area contributed by atoms with Gasteiger partial charge in [-0.1, -0.05) is 12.1 Å². The molecule has 1 aromatic carbocycles. The minimum Gasteiger partial charge on any atom is -0.314 e. The molecular formula is C13H21N3S. The summed E-state index contributed by atoms with van der Waals surface area (Å²) in [5.41, 5.74) is 1.36. The van der Waals surface area contributed by atoms with Crippen LogP contribution < -0.4 is 10.6 Å². The third kappa shape index (κ3) is 4.32. The van der Waals surface area contributed by atoms with E-state index in [9.17, 15) is 0 Å². The van der Waals surface area contributed by atoms with Gasteiger partial charge in [0, 0.05) is 44.3 Å². The van der Waals surface area contributed by atoms with E-state index < -0.39 is 0 Å². The van der Waals surface area contributed by atoms with Gasteiger partial charge >= 0.3 is 0 Å². The normalized spacial score (nSPS) is 17.2. The highest BCUT2D eigenvalue weighted by Crippen LogP contribution is 2.14. The summed E-state index contributed by atoms with van der Waals surface area (Å²) in [6, 6.07) is 8.78. The predicted octanol–water partition coefficient (Wildman–Crippen LogP) is 1.36. The molecule has 0 aliphatic carbocycles. The number of rotatable bonds is 5. The Morgan fingerprint density at radius 3 is 2.59 bits per heavy atom. The van der Waals surface area contributed by atoms with Crippen molar-refractivity contribution in [2.24, 2.45) is 0 Å². The average molecular weight is 251 g/mol. The molecule has 1 fully saturated rings. The largest absolute Gasteiger partial charge is 0.314 e. The van der Waals surface area contributed by atoms with Crippen LogP contribution in [0.15, 0.2) is 29.2 Å². The highest BCUT2D eigenvalue weighted by atomic mass is 32.2. The van der Waals surface area contributed by atoms with Crippen LogP contribution in [-0.2, 0) is 6.54 Å². The van der Waals surface area contributed by atoms with E-state index in [2.05, 4.69) is 46.1 Å². The van der Waals surface area contributed by atoms with Crippen LogP contribution in [0.1, 0.15) is 5.56 Å². The lowest BCUT2D eigenvalue weighted by atomic mass is 10.2. The van der Waals surface area contributed by atoms with Crippen molar-refractivity contribution < 1.29 is 0 Å². The topological polar surface area (TPSA) is 27.3 Å². The van der Waals surface area contributed by atoms with Gasteiger partial charge in [-0.05, 0) is 24.0 Å². The molecule has 0 atom stereocenters. The van der Waals surface area contributed by atoms with Crippen molar-refractivity contribution in [1.82, 2.24) is 15.5 Å². The predicted molar refractivity (Wildman–Crippen MR) is 74.4 cm³/mol. The molecule has 1 aromatic rings. The van der Waals surface area contributed by atoms with Crippen LogP contribution in [-0.4, -0.2) is 44.0 Å². The molecule has 1 saturated heterocycles. The van der Waals surface area contributed by atoms with E-state index in [0.29, 0.717) is 0 Å². The highest BCUT2D eigenvalue weighted by molar-refractivity contribution is 7.98. The molecule has 1 aliphatic heterocycles. The molecule has 0 unspecified atom stereocenters. The van der Waals surface area contributed by atoms with Gasteiger partial charge in [-0.15, -0.1) is 11.8 Å². The Kier molecular flexibility index (Phi) is 5.32. The van der Waals surface area contributed by atoms with Crippen LogP contribution in [0.2, 0.25) is 0 Å². The molecule has 3 nitrogen and oxygen atoms in total. The standard InChI is InChI=1S/C13H21N3S/c1-17-13-4-2-12(3-5-13)10-15-11-16-8-6-14-7-9-16/h2-5,14-15H,6-11H2,1H3. The zero-order chi connectivity index (χ0) is 11.9. The van der Waals surface area contributed by atoms with E-state index in [1.807, 2.05) is 0 Å². The van der Waals surface area contributed by atoms with E-state index in [-0.39, 0.29) is 0 Å². The second-order valence-electron chi connectivity index (χ2n) is 4.30. The van der Waals surface area contributed by atoms with Crippen molar-refractivity contribution >= 4 is 11.8 Å². The van der Waals surface area contributed by atoms with Crippen LogP contribution in [0.3, 0.4) is 0 Å². The molecule has 0 bridgehead atoms. The van der Waals surface area contributed by atoms with E-state index in [4.69, 9.17) is 0 Å². The number of nitrogens with zero attached hydrogens (tertiary/aromatic N) is 1. The van der Waals surface area contributed by atoms with E-state index in [0.717, 1.165) is 39.4 Å². The summed E-state index contributed by atoms with van der Waals surface area (Å²) in [4.78, 5) is 3.78. The van der Waals surface area contributed by atoms with Crippen molar-refractivity contribution in [2.45, 2.75) is 11.4 Å². The third-order valence-corrected chi connectivity index (χ3v) is 3.78. The van der Waals surface area contributed by atoms with Crippen LogP contribution in [0.4, 0.5) is 0 Å². The molecule has 2 rings (SSSR count). The second kappa shape index (κ2) is 7.01. The Balaban J connectivity index is 1.69. The highest BCUT2D eigenvalue weighted by Gasteiger charge is 2.07. The number of thioether (sulfide) groups is 1. The Morgan fingerprint density at radius 2 is 1.94 bits per heavy atom. The summed E-state index contributed by atoms with van der Waals surface area (Å²) < 4.78 is 0. The Labute approximate surface area is 108 Å². The molecule has 0 radical (unpaired) electrons. The fourth-order valence-electron chi connectivity index (χ4n) is 1.97. The molecule has 0 saturated carbocycles. The average Bonchev–Trinajstić information content (AvgIpc) is 2.41. The molecule has 4 heteroatoms. The monoisotopic (exact) mass is 251 g/mol. The first kappa shape index (κ1) is 12.9. The Morgan fingerprint density at radius 1 is 1.24 bits per heavy atom. The van der Waals surface area contributed by atoms with Crippen LogP contribution in [0, 0.1) is 0 Å². The van der Waals surface area contributed by atoms with Gasteiger partial charge in [-0.3, -0.25) is 4.90 Å². The number of nitrogens with one attached hydrogen (secondary N) is 2. The molecule has 94 valence electrons. The smallest absolute Gasteiger partial charge is 0.0484 e. The number of hydrogen-bond acceptors (Lipinski definition) is 4. The first-order chi connectivity index (χ1) is 8.38. The summed E-state index contributed by atoms with van der Waals surface area (Å²) in [6.45, 7) is 6.48. The Bertz CT molecular complexity index is 320.